The van der Waals surface area contributed by atoms with Gasteiger partial charge in [-0.05, 0) is 49.1 Å². The van der Waals surface area contributed by atoms with Crippen molar-refractivity contribution in [2.75, 3.05) is 11.3 Å². The maximum Gasteiger partial charge on any atom is 0.271 e. The molecule has 2 heterocycles. The topological polar surface area (TPSA) is 66.5 Å². The summed E-state index contributed by atoms with van der Waals surface area (Å²) in [5.74, 6) is 0.387. The second kappa shape index (κ2) is 6.87. The number of sulfonamides is 1. The first kappa shape index (κ1) is 17.8. The number of carbonyl (C=O) groups excluding carboxylic acids is 1. The summed E-state index contributed by atoms with van der Waals surface area (Å²) in [4.78, 5) is 15.4. The van der Waals surface area contributed by atoms with E-state index in [1.807, 2.05) is 4.90 Å². The number of amides is 1. The number of hydrogen-bond donors (Lipinski definition) is 1. The molecule has 1 amide bonds. The van der Waals surface area contributed by atoms with Gasteiger partial charge in [0.25, 0.3) is 10.0 Å². The largest absolute Gasteiger partial charge is 0.338 e. The summed E-state index contributed by atoms with van der Waals surface area (Å²) in [6.45, 7) is 1.18. The van der Waals surface area contributed by atoms with Crippen LogP contribution >= 0.6 is 22.9 Å². The zero-order valence-electron chi connectivity index (χ0n) is 14.1. The molecule has 26 heavy (non-hydrogen) atoms. The fourth-order valence-electron chi connectivity index (χ4n) is 3.30. The average molecular weight is 411 g/mol. The molecule has 2 aliphatic rings. The number of fused-ring (bicyclic) bond motifs is 1. The molecule has 0 spiro atoms. The Morgan fingerprint density at radius 3 is 2.77 bits per heavy atom. The van der Waals surface area contributed by atoms with Gasteiger partial charge in [-0.1, -0.05) is 24.1 Å². The third-order valence-electron chi connectivity index (χ3n) is 4.95. The van der Waals surface area contributed by atoms with Gasteiger partial charge in [-0.2, -0.15) is 0 Å². The molecule has 1 aliphatic heterocycles. The molecule has 1 aliphatic carbocycles. The van der Waals surface area contributed by atoms with Crippen molar-refractivity contribution in [2.24, 2.45) is 5.92 Å². The molecule has 1 aromatic heterocycles. The summed E-state index contributed by atoms with van der Waals surface area (Å²) in [7, 11) is -3.67. The van der Waals surface area contributed by atoms with Crippen molar-refractivity contribution in [3.8, 4) is 0 Å². The molecule has 0 unspecified atom stereocenters. The molecule has 0 radical (unpaired) electrons. The first-order chi connectivity index (χ1) is 12.4. The molecule has 5 nitrogen and oxygen atoms in total. The summed E-state index contributed by atoms with van der Waals surface area (Å²) in [5, 5.41) is 0.473. The Bertz CT molecular complexity index is 951. The van der Waals surface area contributed by atoms with Crippen molar-refractivity contribution < 1.29 is 13.2 Å². The minimum absolute atomic E-state index is 0.169. The molecule has 0 bridgehead atoms. The maximum atomic E-state index is 12.7. The Hall–Kier alpha value is -1.57. The Labute approximate surface area is 162 Å². The molecule has 0 atom stereocenters. The summed E-state index contributed by atoms with van der Waals surface area (Å²) < 4.78 is 28.2. The van der Waals surface area contributed by atoms with Crippen LogP contribution in [-0.2, 0) is 27.8 Å². The van der Waals surface area contributed by atoms with E-state index in [1.165, 1.54) is 11.3 Å². The van der Waals surface area contributed by atoms with E-state index in [0.717, 1.165) is 29.7 Å². The lowest BCUT2D eigenvalue weighted by Crippen LogP contribution is -2.41. The van der Waals surface area contributed by atoms with Crippen molar-refractivity contribution in [1.29, 1.82) is 0 Å². The monoisotopic (exact) mass is 410 g/mol. The number of carbonyl (C=O) groups is 1. The first-order valence-electron chi connectivity index (χ1n) is 8.61. The highest BCUT2D eigenvalue weighted by Gasteiger charge is 2.32. The predicted octanol–water partition coefficient (Wildman–Crippen LogP) is 3.89. The highest BCUT2D eigenvalue weighted by molar-refractivity contribution is 7.94. The van der Waals surface area contributed by atoms with Gasteiger partial charge in [0.1, 0.15) is 4.21 Å². The standard InChI is InChI=1S/C18H19ClN2O3S2/c19-14-5-2-6-15(10-14)20-26(23,24)17-9-13-11-21(8-7-16(13)25-17)18(22)12-3-1-4-12/h2,5-6,9-10,12,20H,1,3-4,7-8,11H2. The minimum Gasteiger partial charge on any atom is -0.338 e. The molecule has 2 aromatic rings. The van der Waals surface area contributed by atoms with E-state index < -0.39 is 10.0 Å². The van der Waals surface area contributed by atoms with Crippen LogP contribution in [0.25, 0.3) is 0 Å². The van der Waals surface area contributed by atoms with E-state index in [0.29, 0.717) is 30.2 Å². The van der Waals surface area contributed by atoms with E-state index in [4.69, 9.17) is 11.6 Å². The van der Waals surface area contributed by atoms with Gasteiger partial charge in [0.15, 0.2) is 0 Å². The lowest BCUT2D eigenvalue weighted by Gasteiger charge is -2.33. The highest BCUT2D eigenvalue weighted by atomic mass is 35.5. The SMILES string of the molecule is O=C(C1CCC1)N1CCc2sc(S(=O)(=O)Nc3cccc(Cl)c3)cc2C1. The van der Waals surface area contributed by atoms with Crippen LogP contribution in [0.1, 0.15) is 29.7 Å². The minimum atomic E-state index is -3.67. The van der Waals surface area contributed by atoms with Gasteiger partial charge >= 0.3 is 0 Å². The van der Waals surface area contributed by atoms with Crippen molar-refractivity contribution in [2.45, 2.75) is 36.4 Å². The normalized spacial score (nSPS) is 17.5. The van der Waals surface area contributed by atoms with Crippen LogP contribution < -0.4 is 4.72 Å². The number of halogens is 1. The van der Waals surface area contributed by atoms with Crippen LogP contribution in [0.2, 0.25) is 5.02 Å². The zero-order chi connectivity index (χ0) is 18.3. The fraction of sp³-hybridized carbons (Fsp3) is 0.389. The molecule has 4 rings (SSSR count). The molecular formula is C18H19ClN2O3S2. The predicted molar refractivity (Wildman–Crippen MR) is 103 cm³/mol. The lowest BCUT2D eigenvalue weighted by molar-refractivity contribution is -0.139. The molecular weight excluding hydrogens is 392 g/mol. The molecule has 0 saturated heterocycles. The van der Waals surface area contributed by atoms with Crippen LogP contribution in [-0.4, -0.2) is 25.8 Å². The Morgan fingerprint density at radius 2 is 2.08 bits per heavy atom. The number of thiophene rings is 1. The Kier molecular flexibility index (Phi) is 4.71. The third-order valence-corrected chi connectivity index (χ3v) is 8.28. The van der Waals surface area contributed by atoms with Crippen LogP contribution in [0.4, 0.5) is 5.69 Å². The number of hydrogen-bond acceptors (Lipinski definition) is 4. The van der Waals surface area contributed by atoms with Crippen LogP contribution in [0, 0.1) is 5.92 Å². The van der Waals surface area contributed by atoms with Crippen molar-refractivity contribution in [3.05, 3.63) is 45.8 Å². The third kappa shape index (κ3) is 3.48. The molecule has 138 valence electrons. The summed E-state index contributed by atoms with van der Waals surface area (Å²) in [6, 6.07) is 8.33. The van der Waals surface area contributed by atoms with Crippen molar-refractivity contribution in [1.82, 2.24) is 4.90 Å². The number of benzene rings is 1. The molecule has 8 heteroatoms. The van der Waals surface area contributed by atoms with Gasteiger partial charge in [-0.25, -0.2) is 8.42 Å². The number of anilines is 1. The molecule has 1 saturated carbocycles. The molecule has 1 fully saturated rings. The molecule has 1 N–H and O–H groups in total. The van der Waals surface area contributed by atoms with E-state index >= 15 is 0 Å². The second-order valence-corrected chi connectivity index (χ2v) is 10.2. The molecule has 1 aromatic carbocycles. The van der Waals surface area contributed by atoms with E-state index in [1.54, 1.807) is 30.3 Å². The fourth-order valence-corrected chi connectivity index (χ4v) is 6.08. The van der Waals surface area contributed by atoms with Crippen LogP contribution in [0.5, 0.6) is 0 Å². The van der Waals surface area contributed by atoms with Gasteiger partial charge in [0.05, 0.1) is 5.69 Å². The number of nitrogens with zero attached hydrogens (tertiary/aromatic N) is 1. The van der Waals surface area contributed by atoms with Gasteiger partial charge in [0, 0.05) is 28.9 Å². The van der Waals surface area contributed by atoms with Gasteiger partial charge in [-0.3, -0.25) is 9.52 Å². The second-order valence-electron chi connectivity index (χ2n) is 6.77. The number of nitrogens with one attached hydrogen (secondary N) is 1. The van der Waals surface area contributed by atoms with Crippen LogP contribution in [0.3, 0.4) is 0 Å². The van der Waals surface area contributed by atoms with Gasteiger partial charge in [-0.15, -0.1) is 11.3 Å². The van der Waals surface area contributed by atoms with Crippen molar-refractivity contribution >= 4 is 44.6 Å². The van der Waals surface area contributed by atoms with Gasteiger partial charge < -0.3 is 4.90 Å². The Morgan fingerprint density at radius 1 is 1.27 bits per heavy atom. The summed E-state index contributed by atoms with van der Waals surface area (Å²) >= 11 is 7.21. The zero-order valence-corrected chi connectivity index (χ0v) is 16.5. The Balaban J connectivity index is 1.52. The summed E-state index contributed by atoms with van der Waals surface area (Å²) in [6.07, 6.45) is 3.81. The van der Waals surface area contributed by atoms with Crippen molar-refractivity contribution in [3.63, 3.8) is 0 Å². The first-order valence-corrected chi connectivity index (χ1v) is 11.3. The van der Waals surface area contributed by atoms with E-state index in [9.17, 15) is 13.2 Å². The average Bonchev–Trinajstić information content (AvgIpc) is 2.96. The number of rotatable bonds is 4. The van der Waals surface area contributed by atoms with E-state index in [2.05, 4.69) is 4.72 Å². The highest BCUT2D eigenvalue weighted by Crippen LogP contribution is 2.34. The van der Waals surface area contributed by atoms with Gasteiger partial charge in [0.2, 0.25) is 5.91 Å². The quantitative estimate of drug-likeness (QED) is 0.831. The van der Waals surface area contributed by atoms with Crippen LogP contribution in [0.15, 0.2) is 34.5 Å². The van der Waals surface area contributed by atoms with E-state index in [-0.39, 0.29) is 16.0 Å². The summed E-state index contributed by atoms with van der Waals surface area (Å²) in [5.41, 5.74) is 1.38. The maximum absolute atomic E-state index is 12.7. The smallest absolute Gasteiger partial charge is 0.271 e. The lowest BCUT2D eigenvalue weighted by atomic mass is 9.84.